The third-order valence-corrected chi connectivity index (χ3v) is 5.93. The van der Waals surface area contributed by atoms with Gasteiger partial charge in [0.1, 0.15) is 0 Å². The fraction of sp³-hybridized carbons (Fsp3) is 0.350. The van der Waals surface area contributed by atoms with Gasteiger partial charge in [-0.25, -0.2) is 0 Å². The molecular weight excluding hydrogens is 516 g/mol. The van der Waals surface area contributed by atoms with Crippen molar-refractivity contribution in [1.29, 1.82) is 0 Å². The molecule has 0 aromatic rings. The fourth-order valence-electron chi connectivity index (χ4n) is 3.41. The van der Waals surface area contributed by atoms with Crippen LogP contribution in [0.15, 0.2) is 154 Å². The molecule has 0 heterocycles. The second-order valence-corrected chi connectivity index (χ2v) is 11.1. The summed E-state index contributed by atoms with van der Waals surface area (Å²) in [5, 5.41) is 0. The quantitative estimate of drug-likeness (QED) is 0.127. The van der Waals surface area contributed by atoms with Gasteiger partial charge >= 0.3 is 0 Å². The van der Waals surface area contributed by atoms with Crippen molar-refractivity contribution < 1.29 is 0 Å². The van der Waals surface area contributed by atoms with Gasteiger partial charge in [-0.15, -0.1) is 12.4 Å². The predicted molar refractivity (Wildman–Crippen MR) is 193 cm³/mol. The topological polar surface area (TPSA) is 0 Å². The second kappa shape index (κ2) is 25.8. The Bertz CT molecular complexity index is 1060. The molecular formula is C40H57Cl. The van der Waals surface area contributed by atoms with Crippen LogP contribution < -0.4 is 0 Å². The van der Waals surface area contributed by atoms with Crippen LogP contribution in [0, 0.1) is 0 Å². The smallest absolute Gasteiger partial charge is 0.0285 e. The summed E-state index contributed by atoms with van der Waals surface area (Å²) in [5.74, 6) is 0. The maximum absolute atomic E-state index is 2.30. The van der Waals surface area contributed by atoms with Gasteiger partial charge in [0.25, 0.3) is 0 Å². The van der Waals surface area contributed by atoms with E-state index in [0.29, 0.717) is 0 Å². The fourth-order valence-corrected chi connectivity index (χ4v) is 3.41. The Morgan fingerprint density at radius 1 is 0.366 bits per heavy atom. The zero-order chi connectivity index (χ0) is 30.2. The molecule has 0 saturated carbocycles. The lowest BCUT2D eigenvalue weighted by molar-refractivity contribution is 0.967. The van der Waals surface area contributed by atoms with Gasteiger partial charge in [0, 0.05) is 0 Å². The van der Waals surface area contributed by atoms with E-state index >= 15 is 0 Å². The Morgan fingerprint density at radius 3 is 0.927 bits per heavy atom. The zero-order valence-electron chi connectivity index (χ0n) is 27.6. The van der Waals surface area contributed by atoms with E-state index in [1.807, 2.05) is 0 Å². The first kappa shape index (κ1) is 40.1. The molecule has 0 atom stereocenters. The van der Waals surface area contributed by atoms with Crippen molar-refractivity contribution in [3.05, 3.63) is 154 Å². The molecule has 0 aliphatic rings. The Balaban J connectivity index is 0. The van der Waals surface area contributed by atoms with E-state index in [0.717, 1.165) is 25.7 Å². The first-order chi connectivity index (χ1) is 19.0. The number of hydrogen-bond donors (Lipinski definition) is 0. The summed E-state index contributed by atoms with van der Waals surface area (Å²) in [5.41, 5.74) is 10.5. The van der Waals surface area contributed by atoms with Gasteiger partial charge < -0.3 is 0 Å². The monoisotopic (exact) mass is 572 g/mol. The molecule has 0 rings (SSSR count). The maximum Gasteiger partial charge on any atom is -0.0285 e. The van der Waals surface area contributed by atoms with Crippen LogP contribution in [-0.4, -0.2) is 0 Å². The van der Waals surface area contributed by atoms with E-state index in [9.17, 15) is 0 Å². The molecule has 224 valence electrons. The normalized spacial score (nSPS) is 14.7. The highest BCUT2D eigenvalue weighted by molar-refractivity contribution is 5.85. The number of hydrogen-bond acceptors (Lipinski definition) is 0. The van der Waals surface area contributed by atoms with Crippen LogP contribution in [0.2, 0.25) is 0 Å². The van der Waals surface area contributed by atoms with Crippen LogP contribution in [-0.2, 0) is 0 Å². The predicted octanol–water partition coefficient (Wildman–Crippen LogP) is 13.4. The molecule has 0 bridgehead atoms. The first-order valence-electron chi connectivity index (χ1n) is 14.7. The van der Waals surface area contributed by atoms with E-state index in [2.05, 4.69) is 179 Å². The van der Waals surface area contributed by atoms with E-state index in [4.69, 9.17) is 0 Å². The van der Waals surface area contributed by atoms with Crippen molar-refractivity contribution in [2.75, 3.05) is 0 Å². The largest absolute Gasteiger partial charge is 0.147 e. The second-order valence-electron chi connectivity index (χ2n) is 11.1. The van der Waals surface area contributed by atoms with Crippen molar-refractivity contribution in [3.63, 3.8) is 0 Å². The van der Waals surface area contributed by atoms with Crippen LogP contribution in [0.5, 0.6) is 0 Å². The van der Waals surface area contributed by atoms with Crippen molar-refractivity contribution in [3.8, 4) is 0 Å². The molecule has 0 amide bonds. The number of rotatable bonds is 16. The molecule has 0 aromatic carbocycles. The summed E-state index contributed by atoms with van der Waals surface area (Å²) in [4.78, 5) is 0. The van der Waals surface area contributed by atoms with Gasteiger partial charge in [0.15, 0.2) is 0 Å². The molecule has 0 aliphatic heterocycles. The Kier molecular flexibility index (Phi) is 25.3. The standard InChI is InChI=1S/C40H56.ClH/c1-33(2)19-13-23-37(7)27-17-31-39(9)29-15-25-35(5)21-11-12-22-36(6)26-16-30-40(10)32-18-28-38(8)24-14-20-34(3)4;/h11-12,15-22,25-32H,13-14,23-24H2,1-10H3;1H/b12-11+,25-15+,26-16+,31-17+,32-18+,35-21+,36-22+,37-27+,38-28+,39-29+,40-30+;. The molecule has 0 unspecified atom stereocenters. The molecule has 41 heavy (non-hydrogen) atoms. The minimum atomic E-state index is 0. The van der Waals surface area contributed by atoms with Crippen LogP contribution in [0.4, 0.5) is 0 Å². The summed E-state index contributed by atoms with van der Waals surface area (Å²) in [6.07, 6.45) is 43.3. The number of allylic oxidation sites excluding steroid dienone is 26. The molecule has 0 radical (unpaired) electrons. The highest BCUT2D eigenvalue weighted by Crippen LogP contribution is 2.09. The molecule has 0 aliphatic carbocycles. The third-order valence-electron chi connectivity index (χ3n) is 5.93. The lowest BCUT2D eigenvalue weighted by atomic mass is 10.1. The third kappa shape index (κ3) is 28.2. The van der Waals surface area contributed by atoms with Gasteiger partial charge in [-0.2, -0.15) is 0 Å². The van der Waals surface area contributed by atoms with Crippen LogP contribution in [0.3, 0.4) is 0 Å². The van der Waals surface area contributed by atoms with Crippen molar-refractivity contribution in [2.24, 2.45) is 0 Å². The maximum atomic E-state index is 2.30. The van der Waals surface area contributed by atoms with Gasteiger partial charge in [-0.05, 0) is 94.9 Å². The van der Waals surface area contributed by atoms with Crippen LogP contribution in [0.25, 0.3) is 0 Å². The summed E-state index contributed by atoms with van der Waals surface area (Å²) in [6.45, 7) is 21.5. The molecule has 0 N–H and O–H groups in total. The van der Waals surface area contributed by atoms with E-state index < -0.39 is 0 Å². The SMILES string of the molecule is CC(C)=CCC/C(C)=C/C=C/C(C)=C/C=C/C(C)=C/C=C/C=C(C)/C=C/C=C(C)/C=C/C=C(\C)CCC=C(C)C.Cl. The van der Waals surface area contributed by atoms with Crippen LogP contribution >= 0.6 is 12.4 Å². The Labute approximate surface area is 260 Å². The molecule has 0 aromatic heterocycles. The van der Waals surface area contributed by atoms with Gasteiger partial charge in [-0.1, -0.05) is 154 Å². The molecule has 0 fully saturated rings. The minimum Gasteiger partial charge on any atom is -0.147 e. The zero-order valence-corrected chi connectivity index (χ0v) is 28.4. The molecule has 1 heteroatoms. The minimum absolute atomic E-state index is 0. The van der Waals surface area contributed by atoms with Crippen molar-refractivity contribution >= 4 is 12.4 Å². The van der Waals surface area contributed by atoms with E-state index in [1.54, 1.807) is 0 Å². The van der Waals surface area contributed by atoms with E-state index in [-0.39, 0.29) is 12.4 Å². The highest BCUT2D eigenvalue weighted by Gasteiger charge is 1.88. The van der Waals surface area contributed by atoms with Crippen molar-refractivity contribution in [1.82, 2.24) is 0 Å². The summed E-state index contributed by atoms with van der Waals surface area (Å²) in [7, 11) is 0. The molecule has 0 nitrogen and oxygen atoms in total. The first-order valence-corrected chi connectivity index (χ1v) is 14.7. The van der Waals surface area contributed by atoms with E-state index in [1.165, 1.54) is 44.6 Å². The summed E-state index contributed by atoms with van der Waals surface area (Å²) in [6, 6.07) is 0. The summed E-state index contributed by atoms with van der Waals surface area (Å²) < 4.78 is 0. The molecule has 0 saturated heterocycles. The Morgan fingerprint density at radius 2 is 0.634 bits per heavy atom. The average molecular weight is 573 g/mol. The van der Waals surface area contributed by atoms with Gasteiger partial charge in [0.05, 0.1) is 0 Å². The van der Waals surface area contributed by atoms with Crippen molar-refractivity contribution in [2.45, 2.75) is 94.9 Å². The summed E-state index contributed by atoms with van der Waals surface area (Å²) >= 11 is 0. The van der Waals surface area contributed by atoms with Crippen LogP contribution in [0.1, 0.15) is 94.9 Å². The highest BCUT2D eigenvalue weighted by atomic mass is 35.5. The average Bonchev–Trinajstić information content (AvgIpc) is 2.86. The molecule has 0 spiro atoms. The lowest BCUT2D eigenvalue weighted by Gasteiger charge is -1.96. The van der Waals surface area contributed by atoms with Gasteiger partial charge in [0.2, 0.25) is 0 Å². The Hall–Kier alpha value is -3.09. The van der Waals surface area contributed by atoms with Gasteiger partial charge in [-0.3, -0.25) is 0 Å². The lowest BCUT2D eigenvalue weighted by Crippen LogP contribution is -1.76. The number of halogens is 1.